The van der Waals surface area contributed by atoms with Crippen molar-refractivity contribution in [3.05, 3.63) is 28.8 Å². The molecule has 0 aliphatic heterocycles. The van der Waals surface area contributed by atoms with E-state index in [1.54, 1.807) is 12.1 Å². The van der Waals surface area contributed by atoms with Crippen molar-refractivity contribution in [2.75, 3.05) is 18.4 Å². The maximum Gasteiger partial charge on any atom is 0.216 e. The van der Waals surface area contributed by atoms with Gasteiger partial charge in [-0.25, -0.2) is 0 Å². The first-order valence-corrected chi connectivity index (χ1v) is 5.87. The summed E-state index contributed by atoms with van der Waals surface area (Å²) in [6.07, 6.45) is 0. The SMILES string of the molecule is CC(=O)NCCNc1ccc(C(N)=S)cc1Cl. The van der Waals surface area contributed by atoms with Crippen LogP contribution in [-0.2, 0) is 4.79 Å². The van der Waals surface area contributed by atoms with E-state index < -0.39 is 0 Å². The van der Waals surface area contributed by atoms with Crippen LogP contribution in [0.4, 0.5) is 5.69 Å². The Morgan fingerprint density at radius 3 is 2.71 bits per heavy atom. The van der Waals surface area contributed by atoms with Gasteiger partial charge in [-0.15, -0.1) is 0 Å². The molecule has 4 nitrogen and oxygen atoms in total. The first-order valence-electron chi connectivity index (χ1n) is 5.08. The van der Waals surface area contributed by atoms with E-state index >= 15 is 0 Å². The molecule has 1 aromatic rings. The van der Waals surface area contributed by atoms with Gasteiger partial charge in [0.1, 0.15) is 4.99 Å². The van der Waals surface area contributed by atoms with Gasteiger partial charge in [0.25, 0.3) is 0 Å². The van der Waals surface area contributed by atoms with Crippen LogP contribution in [0.5, 0.6) is 0 Å². The van der Waals surface area contributed by atoms with Crippen LogP contribution in [0.3, 0.4) is 0 Å². The van der Waals surface area contributed by atoms with Crippen LogP contribution < -0.4 is 16.4 Å². The summed E-state index contributed by atoms with van der Waals surface area (Å²) in [5.74, 6) is -0.0540. The number of benzene rings is 1. The van der Waals surface area contributed by atoms with Crippen molar-refractivity contribution >= 4 is 40.4 Å². The summed E-state index contributed by atoms with van der Waals surface area (Å²) >= 11 is 10.9. The molecule has 0 aliphatic rings. The van der Waals surface area contributed by atoms with Gasteiger partial charge in [0.2, 0.25) is 5.91 Å². The summed E-state index contributed by atoms with van der Waals surface area (Å²) in [6.45, 7) is 2.62. The summed E-state index contributed by atoms with van der Waals surface area (Å²) in [5.41, 5.74) is 7.02. The van der Waals surface area contributed by atoms with Gasteiger partial charge in [-0.2, -0.15) is 0 Å². The molecule has 0 aliphatic carbocycles. The molecule has 1 rings (SSSR count). The second-order valence-electron chi connectivity index (χ2n) is 3.47. The third kappa shape index (κ3) is 4.58. The fourth-order valence-electron chi connectivity index (χ4n) is 1.25. The molecule has 92 valence electrons. The zero-order valence-corrected chi connectivity index (χ0v) is 11.0. The second kappa shape index (κ2) is 6.42. The van der Waals surface area contributed by atoms with E-state index in [0.717, 1.165) is 11.3 Å². The Labute approximate surface area is 111 Å². The average molecular weight is 272 g/mol. The molecule has 0 saturated carbocycles. The standard InChI is InChI=1S/C11H14ClN3OS/c1-7(16)14-4-5-15-10-3-2-8(11(13)17)6-9(10)12/h2-3,6,15H,4-5H2,1H3,(H2,13,17)(H,14,16). The van der Waals surface area contributed by atoms with Gasteiger partial charge in [-0.05, 0) is 18.2 Å². The predicted molar refractivity (Wildman–Crippen MR) is 74.5 cm³/mol. The van der Waals surface area contributed by atoms with E-state index in [0.29, 0.717) is 23.1 Å². The van der Waals surface area contributed by atoms with Gasteiger partial charge in [0, 0.05) is 25.6 Å². The van der Waals surface area contributed by atoms with E-state index in [9.17, 15) is 4.79 Å². The molecule has 0 unspecified atom stereocenters. The first-order chi connectivity index (χ1) is 8.00. The monoisotopic (exact) mass is 271 g/mol. The summed E-state index contributed by atoms with van der Waals surface area (Å²) < 4.78 is 0. The van der Waals surface area contributed by atoms with Crippen LogP contribution >= 0.6 is 23.8 Å². The molecule has 0 heterocycles. The minimum absolute atomic E-state index is 0.0540. The highest BCUT2D eigenvalue weighted by Crippen LogP contribution is 2.22. The largest absolute Gasteiger partial charge is 0.389 e. The van der Waals surface area contributed by atoms with E-state index in [-0.39, 0.29) is 5.91 Å². The smallest absolute Gasteiger partial charge is 0.216 e. The van der Waals surface area contributed by atoms with Crippen molar-refractivity contribution in [3.8, 4) is 0 Å². The Kier molecular flexibility index (Phi) is 5.18. The molecule has 6 heteroatoms. The zero-order valence-electron chi connectivity index (χ0n) is 9.42. The number of carbonyl (C=O) groups is 1. The van der Waals surface area contributed by atoms with Crippen molar-refractivity contribution in [3.63, 3.8) is 0 Å². The molecule has 0 saturated heterocycles. The van der Waals surface area contributed by atoms with Crippen LogP contribution in [0.25, 0.3) is 0 Å². The zero-order chi connectivity index (χ0) is 12.8. The molecular weight excluding hydrogens is 258 g/mol. The second-order valence-corrected chi connectivity index (χ2v) is 4.32. The molecular formula is C11H14ClN3OS. The summed E-state index contributed by atoms with van der Waals surface area (Å²) in [5, 5.41) is 6.34. The lowest BCUT2D eigenvalue weighted by molar-refractivity contribution is -0.118. The first kappa shape index (κ1) is 13.7. The van der Waals surface area contributed by atoms with Crippen LogP contribution in [0.15, 0.2) is 18.2 Å². The van der Waals surface area contributed by atoms with Gasteiger partial charge in [0.15, 0.2) is 0 Å². The average Bonchev–Trinajstić information content (AvgIpc) is 2.25. The van der Waals surface area contributed by atoms with Crippen LogP contribution in [-0.4, -0.2) is 24.0 Å². The Bertz CT molecular complexity index is 437. The predicted octanol–water partition coefficient (Wildman–Crippen LogP) is 1.52. The van der Waals surface area contributed by atoms with Gasteiger partial charge < -0.3 is 16.4 Å². The van der Waals surface area contributed by atoms with E-state index in [4.69, 9.17) is 29.6 Å². The van der Waals surface area contributed by atoms with Crippen LogP contribution in [0.1, 0.15) is 12.5 Å². The quantitative estimate of drug-likeness (QED) is 0.561. The topological polar surface area (TPSA) is 67.2 Å². The van der Waals surface area contributed by atoms with Crippen molar-refractivity contribution < 1.29 is 4.79 Å². The maximum atomic E-state index is 10.6. The number of thiocarbonyl (C=S) groups is 1. The van der Waals surface area contributed by atoms with Gasteiger partial charge in [-0.1, -0.05) is 23.8 Å². The van der Waals surface area contributed by atoms with Crippen molar-refractivity contribution in [2.24, 2.45) is 5.73 Å². The van der Waals surface area contributed by atoms with Crippen molar-refractivity contribution in [1.29, 1.82) is 0 Å². The third-order valence-electron chi connectivity index (χ3n) is 2.07. The lowest BCUT2D eigenvalue weighted by Gasteiger charge is -2.09. The Morgan fingerprint density at radius 2 is 2.18 bits per heavy atom. The molecule has 0 radical (unpaired) electrons. The number of nitrogens with one attached hydrogen (secondary N) is 2. The van der Waals surface area contributed by atoms with Crippen LogP contribution in [0.2, 0.25) is 5.02 Å². The number of nitrogens with two attached hydrogens (primary N) is 1. The third-order valence-corrected chi connectivity index (χ3v) is 2.62. The Balaban J connectivity index is 2.54. The molecule has 0 aromatic heterocycles. The number of anilines is 1. The summed E-state index contributed by atoms with van der Waals surface area (Å²) in [4.78, 5) is 11.0. The molecule has 4 N–H and O–H groups in total. The number of carbonyl (C=O) groups excluding carboxylic acids is 1. The molecule has 1 amide bonds. The molecule has 0 spiro atoms. The molecule has 0 fully saturated rings. The fraction of sp³-hybridized carbons (Fsp3) is 0.273. The minimum Gasteiger partial charge on any atom is -0.389 e. The van der Waals surface area contributed by atoms with E-state index in [1.807, 2.05) is 6.07 Å². The lowest BCUT2D eigenvalue weighted by Crippen LogP contribution is -2.26. The highest BCUT2D eigenvalue weighted by atomic mass is 35.5. The number of hydrogen-bond donors (Lipinski definition) is 3. The van der Waals surface area contributed by atoms with E-state index in [1.165, 1.54) is 6.92 Å². The summed E-state index contributed by atoms with van der Waals surface area (Å²) in [7, 11) is 0. The lowest BCUT2D eigenvalue weighted by atomic mass is 10.2. The Hall–Kier alpha value is -1.33. The maximum absolute atomic E-state index is 10.6. The van der Waals surface area contributed by atoms with Gasteiger partial charge in [0.05, 0.1) is 10.7 Å². The number of amides is 1. The van der Waals surface area contributed by atoms with Crippen molar-refractivity contribution in [1.82, 2.24) is 5.32 Å². The minimum atomic E-state index is -0.0540. The van der Waals surface area contributed by atoms with Crippen LogP contribution in [0, 0.1) is 0 Å². The molecule has 17 heavy (non-hydrogen) atoms. The van der Waals surface area contributed by atoms with Crippen molar-refractivity contribution in [2.45, 2.75) is 6.92 Å². The number of hydrogen-bond acceptors (Lipinski definition) is 3. The highest BCUT2D eigenvalue weighted by molar-refractivity contribution is 7.80. The number of rotatable bonds is 5. The van der Waals surface area contributed by atoms with Gasteiger partial charge in [-0.3, -0.25) is 4.79 Å². The summed E-state index contributed by atoms with van der Waals surface area (Å²) in [6, 6.07) is 5.32. The molecule has 0 atom stereocenters. The van der Waals surface area contributed by atoms with E-state index in [2.05, 4.69) is 10.6 Å². The fourth-order valence-corrected chi connectivity index (χ4v) is 1.62. The molecule has 1 aromatic carbocycles. The normalized spacial score (nSPS) is 9.76. The number of halogens is 1. The van der Waals surface area contributed by atoms with Gasteiger partial charge >= 0.3 is 0 Å². The molecule has 0 bridgehead atoms. The highest BCUT2D eigenvalue weighted by Gasteiger charge is 2.03. The Morgan fingerprint density at radius 1 is 1.47 bits per heavy atom.